The number of hydrogen-bond acceptors (Lipinski definition) is 10. The molecule has 0 aromatic rings. The maximum absolute atomic E-state index is 11.9. The van der Waals surface area contributed by atoms with E-state index in [4.69, 9.17) is 18.9 Å². The van der Waals surface area contributed by atoms with E-state index in [0.717, 1.165) is 64.2 Å². The van der Waals surface area contributed by atoms with Crippen molar-refractivity contribution in [3.63, 3.8) is 0 Å². The zero-order valence-corrected chi connectivity index (χ0v) is 21.1. The van der Waals surface area contributed by atoms with Crippen LogP contribution in [0.2, 0.25) is 0 Å². The first-order valence-corrected chi connectivity index (χ1v) is 13.1. The molecule has 12 heteroatoms. The van der Waals surface area contributed by atoms with Crippen LogP contribution in [0.1, 0.15) is 64.2 Å². The van der Waals surface area contributed by atoms with Crippen LogP contribution in [0, 0.1) is 11.8 Å². The predicted molar refractivity (Wildman–Crippen MR) is 130 cm³/mol. The van der Waals surface area contributed by atoms with Crippen LogP contribution in [-0.2, 0) is 28.5 Å². The van der Waals surface area contributed by atoms with Gasteiger partial charge < -0.3 is 40.2 Å². The molecule has 206 valence electrons. The maximum Gasteiger partial charge on any atom is 0.410 e. The summed E-state index contributed by atoms with van der Waals surface area (Å²) in [5.74, 6) is -0.733. The molecule has 2 aliphatic rings. The molecule has 0 aromatic heterocycles. The standard InChI is InChI=1S/C24H42N4O8/c29-21(19-7-3-1-4-8-19)33-17-35-23(31)27-15-13-25-11-12-26-14-16-28-24(32)36-18-34-22(30)20-9-5-2-6-10-20/h19-20,25-26H,1-18H2,(H,27,31)(H,28,32). The fraction of sp³-hybridized carbons (Fsp3) is 0.833. The average molecular weight is 515 g/mol. The second-order valence-electron chi connectivity index (χ2n) is 9.05. The van der Waals surface area contributed by atoms with Gasteiger partial charge in [-0.2, -0.15) is 0 Å². The fourth-order valence-corrected chi connectivity index (χ4v) is 4.23. The number of alkyl carbamates (subject to hydrolysis) is 2. The van der Waals surface area contributed by atoms with Gasteiger partial charge in [-0.15, -0.1) is 0 Å². The summed E-state index contributed by atoms with van der Waals surface area (Å²) in [5.41, 5.74) is 0. The van der Waals surface area contributed by atoms with Gasteiger partial charge in [-0.25, -0.2) is 9.59 Å². The van der Waals surface area contributed by atoms with Gasteiger partial charge in [0.05, 0.1) is 11.8 Å². The molecule has 0 heterocycles. The zero-order valence-electron chi connectivity index (χ0n) is 21.1. The molecule has 0 bridgehead atoms. The van der Waals surface area contributed by atoms with Crippen molar-refractivity contribution in [1.82, 2.24) is 21.3 Å². The minimum absolute atomic E-state index is 0.0740. The molecule has 0 radical (unpaired) electrons. The minimum atomic E-state index is -0.631. The van der Waals surface area contributed by atoms with Crippen LogP contribution < -0.4 is 21.3 Å². The van der Waals surface area contributed by atoms with Crippen LogP contribution in [-0.4, -0.2) is 77.0 Å². The van der Waals surface area contributed by atoms with E-state index in [0.29, 0.717) is 39.3 Å². The molecular weight excluding hydrogens is 472 g/mol. The average Bonchev–Trinajstić information content (AvgIpc) is 2.90. The molecule has 2 saturated carbocycles. The molecule has 2 fully saturated rings. The van der Waals surface area contributed by atoms with Crippen LogP contribution in [0.3, 0.4) is 0 Å². The number of amides is 2. The van der Waals surface area contributed by atoms with Crippen LogP contribution in [0.15, 0.2) is 0 Å². The SMILES string of the molecule is O=C(NCCNCCNCCNC(=O)OCOC(=O)C1CCCCC1)OCOC(=O)C1CCCCC1. The molecule has 0 atom stereocenters. The Morgan fingerprint density at radius 3 is 1.25 bits per heavy atom. The van der Waals surface area contributed by atoms with Gasteiger partial charge in [0.1, 0.15) is 0 Å². The molecule has 0 spiro atoms. The highest BCUT2D eigenvalue weighted by molar-refractivity contribution is 5.73. The van der Waals surface area contributed by atoms with Crippen LogP contribution >= 0.6 is 0 Å². The maximum atomic E-state index is 11.9. The van der Waals surface area contributed by atoms with Gasteiger partial charge in [0, 0.05) is 39.3 Å². The second kappa shape index (κ2) is 18.6. The summed E-state index contributed by atoms with van der Waals surface area (Å²) in [6.45, 7) is 2.42. The first-order valence-electron chi connectivity index (χ1n) is 13.1. The molecule has 12 nitrogen and oxygen atoms in total. The van der Waals surface area contributed by atoms with E-state index in [2.05, 4.69) is 21.3 Å². The zero-order chi connectivity index (χ0) is 25.8. The largest absolute Gasteiger partial charge is 0.428 e. The van der Waals surface area contributed by atoms with Crippen molar-refractivity contribution in [3.8, 4) is 0 Å². The lowest BCUT2D eigenvalue weighted by Gasteiger charge is -2.19. The number of esters is 2. The Morgan fingerprint density at radius 1 is 0.500 bits per heavy atom. The number of rotatable bonds is 15. The molecule has 0 saturated heterocycles. The molecule has 36 heavy (non-hydrogen) atoms. The van der Waals surface area contributed by atoms with E-state index in [1.54, 1.807) is 0 Å². The van der Waals surface area contributed by atoms with E-state index in [1.165, 1.54) is 0 Å². The Labute approximate surface area is 212 Å². The molecule has 0 aliphatic heterocycles. The highest BCUT2D eigenvalue weighted by Gasteiger charge is 2.23. The number of carbonyl (C=O) groups excluding carboxylic acids is 4. The Balaban J connectivity index is 1.31. The summed E-state index contributed by atoms with van der Waals surface area (Å²) in [5, 5.41) is 11.4. The Kier molecular flexibility index (Phi) is 15.3. The molecular formula is C24H42N4O8. The number of hydrogen-bond donors (Lipinski definition) is 4. The highest BCUT2D eigenvalue weighted by Crippen LogP contribution is 2.25. The Hall–Kier alpha value is -2.60. The molecule has 2 aliphatic carbocycles. The van der Waals surface area contributed by atoms with Crippen molar-refractivity contribution >= 4 is 24.1 Å². The third-order valence-corrected chi connectivity index (χ3v) is 6.28. The van der Waals surface area contributed by atoms with Crippen LogP contribution in [0.5, 0.6) is 0 Å². The van der Waals surface area contributed by atoms with Gasteiger partial charge in [0.15, 0.2) is 0 Å². The third-order valence-electron chi connectivity index (χ3n) is 6.28. The number of nitrogens with one attached hydrogen (secondary N) is 4. The van der Waals surface area contributed by atoms with Crippen molar-refractivity contribution < 1.29 is 38.1 Å². The van der Waals surface area contributed by atoms with Gasteiger partial charge in [0.25, 0.3) is 0 Å². The van der Waals surface area contributed by atoms with Crippen molar-refractivity contribution in [3.05, 3.63) is 0 Å². The van der Waals surface area contributed by atoms with Gasteiger partial charge in [0.2, 0.25) is 13.6 Å². The van der Waals surface area contributed by atoms with Gasteiger partial charge >= 0.3 is 24.1 Å². The quantitative estimate of drug-likeness (QED) is 0.144. The number of carbonyl (C=O) groups is 4. The lowest BCUT2D eigenvalue weighted by atomic mass is 9.89. The monoisotopic (exact) mass is 514 g/mol. The Morgan fingerprint density at radius 2 is 0.861 bits per heavy atom. The van der Waals surface area contributed by atoms with Gasteiger partial charge in [-0.1, -0.05) is 38.5 Å². The van der Waals surface area contributed by atoms with E-state index >= 15 is 0 Å². The normalized spacial score (nSPS) is 16.6. The summed E-state index contributed by atoms with van der Waals surface area (Å²) >= 11 is 0. The predicted octanol–water partition coefficient (Wildman–Crippen LogP) is 1.78. The fourth-order valence-electron chi connectivity index (χ4n) is 4.23. The van der Waals surface area contributed by atoms with E-state index in [-0.39, 0.29) is 37.4 Å². The molecule has 4 N–H and O–H groups in total. The molecule has 2 amide bonds. The van der Waals surface area contributed by atoms with E-state index in [1.807, 2.05) is 0 Å². The van der Waals surface area contributed by atoms with E-state index in [9.17, 15) is 19.2 Å². The van der Waals surface area contributed by atoms with Crippen molar-refractivity contribution in [1.29, 1.82) is 0 Å². The summed E-state index contributed by atoms with van der Waals surface area (Å²) in [6.07, 6.45) is 8.56. The van der Waals surface area contributed by atoms with Crippen LogP contribution in [0.25, 0.3) is 0 Å². The minimum Gasteiger partial charge on any atom is -0.428 e. The summed E-state index contributed by atoms with van der Waals surface area (Å²) < 4.78 is 19.7. The van der Waals surface area contributed by atoms with Crippen molar-refractivity contribution in [2.45, 2.75) is 64.2 Å². The van der Waals surface area contributed by atoms with E-state index < -0.39 is 12.2 Å². The summed E-state index contributed by atoms with van der Waals surface area (Å²) in [4.78, 5) is 46.9. The van der Waals surface area contributed by atoms with Crippen molar-refractivity contribution in [2.24, 2.45) is 11.8 Å². The highest BCUT2D eigenvalue weighted by atomic mass is 16.7. The topological polar surface area (TPSA) is 153 Å². The Bertz CT molecular complexity index is 611. The first kappa shape index (κ1) is 29.6. The van der Waals surface area contributed by atoms with Crippen molar-refractivity contribution in [2.75, 3.05) is 52.9 Å². The smallest absolute Gasteiger partial charge is 0.410 e. The summed E-state index contributed by atoms with van der Waals surface area (Å²) in [6, 6.07) is 0. The third kappa shape index (κ3) is 13.5. The lowest BCUT2D eigenvalue weighted by Crippen LogP contribution is -2.37. The first-order chi connectivity index (χ1) is 17.6. The molecule has 0 aromatic carbocycles. The number of ether oxygens (including phenoxy) is 4. The van der Waals surface area contributed by atoms with Gasteiger partial charge in [-0.3, -0.25) is 9.59 Å². The lowest BCUT2D eigenvalue weighted by molar-refractivity contribution is -0.159. The summed E-state index contributed by atoms with van der Waals surface area (Å²) in [7, 11) is 0. The molecule has 0 unspecified atom stereocenters. The van der Waals surface area contributed by atoms with Gasteiger partial charge in [-0.05, 0) is 25.7 Å². The molecule has 2 rings (SSSR count). The second-order valence-corrected chi connectivity index (χ2v) is 9.05. The van der Waals surface area contributed by atoms with Crippen LogP contribution in [0.4, 0.5) is 9.59 Å².